The third-order valence-corrected chi connectivity index (χ3v) is 8.89. The van der Waals surface area contributed by atoms with Crippen LogP contribution in [0.4, 0.5) is 0 Å². The van der Waals surface area contributed by atoms with E-state index in [1.54, 1.807) is 0 Å². The Morgan fingerprint density at radius 3 is 1.12 bits per heavy atom. The van der Waals surface area contributed by atoms with Crippen molar-refractivity contribution in [3.8, 4) is 0 Å². The first kappa shape index (κ1) is 33.7. The van der Waals surface area contributed by atoms with Crippen LogP contribution in [-0.4, -0.2) is 194 Å². The second-order valence-electron chi connectivity index (χ2n) is 10.2. The van der Waals surface area contributed by atoms with Gasteiger partial charge in [0.1, 0.15) is 96.3 Å². The number of aliphatic carboxylic acids is 1. The van der Waals surface area contributed by atoms with Crippen molar-refractivity contribution >= 4 is 18.6 Å². The van der Waals surface area contributed by atoms with Crippen LogP contribution in [0.15, 0.2) is 0 Å². The van der Waals surface area contributed by atoms with Crippen molar-refractivity contribution in [1.82, 2.24) is 0 Å². The summed E-state index contributed by atoms with van der Waals surface area (Å²) in [4.78, 5) is 13.0. The average molecular weight is 608 g/mol. The molecule has 16 atom stereocenters. The first-order chi connectivity index (χ1) is 18.6. The highest BCUT2D eigenvalue weighted by atomic mass is 32.1. The van der Waals surface area contributed by atoms with Crippen molar-refractivity contribution in [3.63, 3.8) is 0 Å². The maximum Gasteiger partial charge on any atom is 0.328 e. The molecule has 0 aromatic heterocycles. The highest BCUT2D eigenvalue weighted by Gasteiger charge is 2.73. The minimum Gasteiger partial charge on any atom is -0.480 e. The molecule has 0 aliphatic carbocycles. The normalized spacial score (nSPS) is 49.6. The zero-order valence-electron chi connectivity index (χ0n) is 20.8. The van der Waals surface area contributed by atoms with Crippen LogP contribution in [0.1, 0.15) is 0 Å². The van der Waals surface area contributed by atoms with Crippen molar-refractivity contribution in [3.05, 3.63) is 0 Å². The van der Waals surface area contributed by atoms with Crippen molar-refractivity contribution in [2.24, 2.45) is 5.73 Å². The van der Waals surface area contributed by atoms with E-state index in [4.69, 9.17) is 19.9 Å². The number of ether oxygens (including phenoxy) is 3. The second kappa shape index (κ2) is 12.4. The van der Waals surface area contributed by atoms with Gasteiger partial charge >= 0.3 is 5.97 Å². The Hall–Kier alpha value is -0.820. The Labute approximate surface area is 231 Å². The Kier molecular flexibility index (Phi) is 10.5. The molecule has 3 heterocycles. The minimum absolute atomic E-state index is 1.02. The van der Waals surface area contributed by atoms with Crippen molar-refractivity contribution in [1.29, 1.82) is 0 Å². The highest BCUT2D eigenvalue weighted by Crippen LogP contribution is 2.49. The maximum absolute atomic E-state index is 13.0. The zero-order chi connectivity index (χ0) is 30.5. The molecule has 3 fully saturated rings. The summed E-state index contributed by atoms with van der Waals surface area (Å²) >= 11 is 4.38. The number of carbonyl (C=O) groups is 1. The summed E-state index contributed by atoms with van der Waals surface area (Å²) in [5, 5.41) is 134. The van der Waals surface area contributed by atoms with Crippen LogP contribution in [0, 0.1) is 0 Å². The first-order valence-corrected chi connectivity index (χ1v) is 12.7. The van der Waals surface area contributed by atoms with E-state index in [1.807, 2.05) is 0 Å². The number of aliphatic hydroxyl groups is 12. The van der Waals surface area contributed by atoms with Gasteiger partial charge in [0.25, 0.3) is 0 Å². The van der Waals surface area contributed by atoms with E-state index in [1.165, 1.54) is 0 Å². The molecule has 234 valence electrons. The van der Waals surface area contributed by atoms with Crippen LogP contribution in [0.3, 0.4) is 0 Å². The third kappa shape index (κ3) is 5.05. The smallest absolute Gasteiger partial charge is 0.328 e. The molecule has 3 unspecified atom stereocenters. The standard InChI is InChI=1S/C21H37NO17S/c22-20(19(35)36,16-13(32)10(29)7(26)4(1-23)37-16)21(40,17-14(33)11(30)8(27)5(2-24)38-17)18-15(34)12(31)9(28)6(3-25)39-18/h4-18,23-34,40H,1-3,22H2,(H,35,36)/t4-,5-,6-,7-,8-,9-,10+,11+,12+,13-,14-,15-,16?,17?,18?,20-,21?/m1/s1. The lowest BCUT2D eigenvalue weighted by Crippen LogP contribution is -2.86. The van der Waals surface area contributed by atoms with Crippen LogP contribution in [0.25, 0.3) is 0 Å². The molecule has 0 saturated carbocycles. The van der Waals surface area contributed by atoms with Crippen LogP contribution in [0.2, 0.25) is 0 Å². The number of rotatable bonds is 8. The summed E-state index contributed by atoms with van der Waals surface area (Å²) < 4.78 is 13.4. The van der Waals surface area contributed by atoms with E-state index in [0.717, 1.165) is 0 Å². The predicted octanol–water partition coefficient (Wildman–Crippen LogP) is -9.04. The molecule has 3 aliphatic heterocycles. The monoisotopic (exact) mass is 607 g/mol. The number of hydrogen-bond acceptors (Lipinski definition) is 18. The molecule has 0 bridgehead atoms. The summed E-state index contributed by atoms with van der Waals surface area (Å²) in [6.45, 7) is -3.08. The zero-order valence-corrected chi connectivity index (χ0v) is 21.6. The largest absolute Gasteiger partial charge is 0.480 e. The lowest BCUT2D eigenvalue weighted by atomic mass is 9.65. The van der Waals surface area contributed by atoms with E-state index in [2.05, 4.69) is 12.6 Å². The van der Waals surface area contributed by atoms with Gasteiger partial charge in [-0.2, -0.15) is 12.6 Å². The van der Waals surface area contributed by atoms with Gasteiger partial charge in [0.15, 0.2) is 5.54 Å². The molecule has 15 N–H and O–H groups in total. The minimum atomic E-state index is -3.36. The fourth-order valence-corrected chi connectivity index (χ4v) is 6.21. The Balaban J connectivity index is 2.31. The van der Waals surface area contributed by atoms with Gasteiger partial charge in [-0.3, -0.25) is 4.79 Å². The van der Waals surface area contributed by atoms with Gasteiger partial charge < -0.3 is 86.3 Å². The number of carboxylic acids is 1. The van der Waals surface area contributed by atoms with E-state index in [-0.39, 0.29) is 0 Å². The molecular formula is C21H37NO17S. The van der Waals surface area contributed by atoms with E-state index < -0.39 is 128 Å². The lowest BCUT2D eigenvalue weighted by molar-refractivity contribution is -0.295. The summed E-state index contributed by atoms with van der Waals surface area (Å²) in [6.07, 6.45) is -31.7. The van der Waals surface area contributed by atoms with Crippen molar-refractivity contribution < 1.29 is 85.4 Å². The van der Waals surface area contributed by atoms with Gasteiger partial charge in [0, 0.05) is 0 Å². The van der Waals surface area contributed by atoms with E-state index in [9.17, 15) is 71.2 Å². The highest BCUT2D eigenvalue weighted by molar-refractivity contribution is 7.82. The molecule has 0 aromatic rings. The Morgan fingerprint density at radius 1 is 0.575 bits per heavy atom. The molecule has 3 aliphatic rings. The quantitative estimate of drug-likeness (QED) is 0.114. The SMILES string of the molecule is N[C@@](C(=O)O)(C1O[C@H](CO)[C@@H](O)[C@H](O)[C@H]1O)C(S)(C1O[C@H](CO)[C@@H](O)[C@H](O)[C@H]1O)C1O[C@H](CO)[C@@H](O)[C@H](O)[C@H]1O. The van der Waals surface area contributed by atoms with Crippen LogP contribution in [-0.2, 0) is 19.0 Å². The van der Waals surface area contributed by atoms with Crippen LogP contribution < -0.4 is 5.73 Å². The second-order valence-corrected chi connectivity index (χ2v) is 11.0. The topological polar surface area (TPSA) is 334 Å². The first-order valence-electron chi connectivity index (χ1n) is 12.2. The number of hydrogen-bond donors (Lipinski definition) is 15. The molecule has 0 aromatic carbocycles. The van der Waals surface area contributed by atoms with E-state index in [0.29, 0.717) is 0 Å². The average Bonchev–Trinajstić information content (AvgIpc) is 2.93. The molecular weight excluding hydrogens is 570 g/mol. The molecule has 0 radical (unpaired) electrons. The van der Waals surface area contributed by atoms with Crippen LogP contribution >= 0.6 is 12.6 Å². The predicted molar refractivity (Wildman–Crippen MR) is 128 cm³/mol. The molecule has 0 amide bonds. The van der Waals surface area contributed by atoms with E-state index >= 15 is 0 Å². The fourth-order valence-electron chi connectivity index (χ4n) is 5.56. The number of carboxylic acid groups (broad SMARTS) is 1. The summed E-state index contributed by atoms with van der Waals surface area (Å²) in [5.74, 6) is -2.15. The molecule has 3 rings (SSSR count). The Morgan fingerprint density at radius 2 is 0.850 bits per heavy atom. The summed E-state index contributed by atoms with van der Waals surface area (Å²) in [6, 6.07) is 0. The molecule has 3 saturated heterocycles. The van der Waals surface area contributed by atoms with Gasteiger partial charge in [-0.25, -0.2) is 0 Å². The van der Waals surface area contributed by atoms with Gasteiger partial charge in [-0.15, -0.1) is 0 Å². The number of aliphatic hydroxyl groups excluding tert-OH is 12. The van der Waals surface area contributed by atoms with Gasteiger partial charge in [-0.1, -0.05) is 0 Å². The maximum atomic E-state index is 13.0. The van der Waals surface area contributed by atoms with Crippen molar-refractivity contribution in [2.75, 3.05) is 19.8 Å². The molecule has 19 heteroatoms. The number of thiol groups is 1. The molecule has 0 spiro atoms. The van der Waals surface area contributed by atoms with Gasteiger partial charge in [-0.05, 0) is 0 Å². The van der Waals surface area contributed by atoms with Crippen molar-refractivity contribution in [2.45, 2.75) is 102 Å². The van der Waals surface area contributed by atoms with Gasteiger partial charge in [0.05, 0.1) is 19.8 Å². The molecule has 40 heavy (non-hydrogen) atoms. The lowest BCUT2D eigenvalue weighted by Gasteiger charge is -2.60. The summed E-state index contributed by atoms with van der Waals surface area (Å²) in [7, 11) is 0. The Bertz CT molecular complexity index is 846. The van der Waals surface area contributed by atoms with Crippen LogP contribution in [0.5, 0.6) is 0 Å². The molecule has 18 nitrogen and oxygen atoms in total. The number of nitrogens with two attached hydrogens (primary N) is 1. The third-order valence-electron chi connectivity index (χ3n) is 8.01. The summed E-state index contributed by atoms with van der Waals surface area (Å²) in [5.41, 5.74) is 3.04. The fraction of sp³-hybridized carbons (Fsp3) is 0.952. The van der Waals surface area contributed by atoms with Gasteiger partial charge in [0.2, 0.25) is 0 Å².